The van der Waals surface area contributed by atoms with Gasteiger partial charge in [-0.05, 0) is 36.6 Å². The summed E-state index contributed by atoms with van der Waals surface area (Å²) in [7, 11) is 0. The van der Waals surface area contributed by atoms with Crippen LogP contribution in [0.4, 0.5) is 5.82 Å². The highest BCUT2D eigenvalue weighted by Gasteiger charge is 2.15. The minimum atomic E-state index is 0.462. The number of hydrogen-bond donors (Lipinski definition) is 1. The van der Waals surface area contributed by atoms with Gasteiger partial charge in [0.2, 0.25) is 5.82 Å². The van der Waals surface area contributed by atoms with E-state index in [2.05, 4.69) is 32.6 Å². The Kier molecular flexibility index (Phi) is 4.92. The van der Waals surface area contributed by atoms with Gasteiger partial charge in [-0.3, -0.25) is 0 Å². The smallest absolute Gasteiger partial charge is 0.261 e. The fourth-order valence-electron chi connectivity index (χ4n) is 2.95. The van der Waals surface area contributed by atoms with Crippen LogP contribution in [0.3, 0.4) is 0 Å². The molecule has 0 aliphatic rings. The number of hydrogen-bond acceptors (Lipinski definition) is 5. The summed E-state index contributed by atoms with van der Waals surface area (Å²) in [6, 6.07) is 22.2. The van der Waals surface area contributed by atoms with E-state index in [-0.39, 0.29) is 0 Å². The molecule has 0 aliphatic carbocycles. The van der Waals surface area contributed by atoms with E-state index in [4.69, 9.17) is 4.52 Å². The zero-order valence-electron chi connectivity index (χ0n) is 15.1. The molecule has 0 atom stereocenters. The monoisotopic (exact) mass is 356 g/mol. The predicted molar refractivity (Wildman–Crippen MR) is 106 cm³/mol. The first-order valence-electron chi connectivity index (χ1n) is 8.94. The Bertz CT molecular complexity index is 1030. The van der Waals surface area contributed by atoms with Crippen molar-refractivity contribution in [1.29, 1.82) is 0 Å². The van der Waals surface area contributed by atoms with Gasteiger partial charge < -0.3 is 9.84 Å². The first-order valence-corrected chi connectivity index (χ1v) is 8.94. The Morgan fingerprint density at radius 2 is 1.67 bits per heavy atom. The maximum atomic E-state index is 5.52. The Balaban J connectivity index is 1.54. The molecule has 0 radical (unpaired) electrons. The van der Waals surface area contributed by atoms with Crippen LogP contribution in [-0.4, -0.2) is 21.7 Å². The SMILES string of the molecule is Cc1ccccc1-c1noc(-c2cccnc2NCCc2ccccc2)n1. The number of aryl methyl sites for hydroxylation is 1. The number of pyridine rings is 1. The summed E-state index contributed by atoms with van der Waals surface area (Å²) in [5, 5.41) is 7.53. The number of rotatable bonds is 6. The van der Waals surface area contributed by atoms with Gasteiger partial charge in [-0.25, -0.2) is 4.98 Å². The van der Waals surface area contributed by atoms with Gasteiger partial charge in [0, 0.05) is 18.3 Å². The van der Waals surface area contributed by atoms with Crippen molar-refractivity contribution in [3.05, 3.63) is 84.1 Å². The van der Waals surface area contributed by atoms with Gasteiger partial charge in [-0.2, -0.15) is 4.98 Å². The van der Waals surface area contributed by atoms with Crippen molar-refractivity contribution in [1.82, 2.24) is 15.1 Å². The summed E-state index contributed by atoms with van der Waals surface area (Å²) in [6.07, 6.45) is 2.67. The second kappa shape index (κ2) is 7.83. The number of aromatic nitrogens is 3. The van der Waals surface area contributed by atoms with E-state index >= 15 is 0 Å². The number of anilines is 1. The van der Waals surface area contributed by atoms with Crippen molar-refractivity contribution >= 4 is 5.82 Å². The van der Waals surface area contributed by atoms with Gasteiger partial charge >= 0.3 is 0 Å². The third kappa shape index (κ3) is 3.87. The van der Waals surface area contributed by atoms with Gasteiger partial charge in [0.15, 0.2) is 0 Å². The third-order valence-electron chi connectivity index (χ3n) is 4.40. The maximum Gasteiger partial charge on any atom is 0.261 e. The minimum absolute atomic E-state index is 0.462. The molecule has 0 bridgehead atoms. The lowest BCUT2D eigenvalue weighted by atomic mass is 10.1. The van der Waals surface area contributed by atoms with Crippen molar-refractivity contribution in [3.63, 3.8) is 0 Å². The molecule has 5 nitrogen and oxygen atoms in total. The van der Waals surface area contributed by atoms with Crippen LogP contribution in [0.5, 0.6) is 0 Å². The predicted octanol–water partition coefficient (Wildman–Crippen LogP) is 4.76. The average molecular weight is 356 g/mol. The molecule has 2 aromatic carbocycles. The summed E-state index contributed by atoms with van der Waals surface area (Å²) >= 11 is 0. The van der Waals surface area contributed by atoms with Gasteiger partial charge in [0.1, 0.15) is 5.82 Å². The van der Waals surface area contributed by atoms with Crippen LogP contribution in [0.2, 0.25) is 0 Å². The highest BCUT2D eigenvalue weighted by molar-refractivity contribution is 5.70. The molecule has 1 N–H and O–H groups in total. The molecule has 134 valence electrons. The summed E-state index contributed by atoms with van der Waals surface area (Å²) in [5.41, 5.74) is 4.16. The highest BCUT2D eigenvalue weighted by atomic mass is 16.5. The highest BCUT2D eigenvalue weighted by Crippen LogP contribution is 2.28. The van der Waals surface area contributed by atoms with E-state index in [0.717, 1.165) is 35.5 Å². The fourth-order valence-corrected chi connectivity index (χ4v) is 2.95. The normalized spacial score (nSPS) is 10.7. The summed E-state index contributed by atoms with van der Waals surface area (Å²) in [5.74, 6) is 1.79. The largest absolute Gasteiger partial charge is 0.369 e. The number of nitrogens with zero attached hydrogens (tertiary/aromatic N) is 3. The number of benzene rings is 2. The number of nitrogens with one attached hydrogen (secondary N) is 1. The molecule has 0 aliphatic heterocycles. The molecule has 0 saturated carbocycles. The lowest BCUT2D eigenvalue weighted by Crippen LogP contribution is -2.07. The maximum absolute atomic E-state index is 5.52. The van der Waals surface area contributed by atoms with Gasteiger partial charge in [-0.15, -0.1) is 0 Å². The van der Waals surface area contributed by atoms with Crippen molar-refractivity contribution < 1.29 is 4.52 Å². The quantitative estimate of drug-likeness (QED) is 0.539. The third-order valence-corrected chi connectivity index (χ3v) is 4.40. The molecule has 4 rings (SSSR count). The van der Waals surface area contributed by atoms with Crippen LogP contribution in [0, 0.1) is 6.92 Å². The molecule has 0 fully saturated rings. The van der Waals surface area contributed by atoms with E-state index in [1.165, 1.54) is 5.56 Å². The molecule has 0 saturated heterocycles. The second-order valence-corrected chi connectivity index (χ2v) is 6.30. The van der Waals surface area contributed by atoms with Gasteiger partial charge in [0.05, 0.1) is 5.56 Å². The molecule has 5 heteroatoms. The van der Waals surface area contributed by atoms with E-state index in [0.29, 0.717) is 11.7 Å². The average Bonchev–Trinajstić information content (AvgIpc) is 3.19. The van der Waals surface area contributed by atoms with Gasteiger partial charge in [0.25, 0.3) is 5.89 Å². The van der Waals surface area contributed by atoms with E-state index < -0.39 is 0 Å². The van der Waals surface area contributed by atoms with Crippen LogP contribution < -0.4 is 5.32 Å². The Morgan fingerprint density at radius 3 is 2.52 bits per heavy atom. The van der Waals surface area contributed by atoms with E-state index in [1.807, 2.05) is 61.5 Å². The van der Waals surface area contributed by atoms with Crippen LogP contribution >= 0.6 is 0 Å². The van der Waals surface area contributed by atoms with Crippen LogP contribution in [0.1, 0.15) is 11.1 Å². The topological polar surface area (TPSA) is 63.8 Å². The molecular weight excluding hydrogens is 336 g/mol. The molecule has 27 heavy (non-hydrogen) atoms. The van der Waals surface area contributed by atoms with Crippen LogP contribution in [0.25, 0.3) is 22.8 Å². The minimum Gasteiger partial charge on any atom is -0.369 e. The van der Waals surface area contributed by atoms with Crippen molar-refractivity contribution in [2.24, 2.45) is 0 Å². The van der Waals surface area contributed by atoms with Crippen LogP contribution in [-0.2, 0) is 6.42 Å². The molecule has 0 amide bonds. The second-order valence-electron chi connectivity index (χ2n) is 6.30. The van der Waals surface area contributed by atoms with Crippen molar-refractivity contribution in [2.45, 2.75) is 13.3 Å². The Hall–Kier alpha value is -3.47. The van der Waals surface area contributed by atoms with E-state index in [1.54, 1.807) is 6.20 Å². The molecule has 2 heterocycles. The van der Waals surface area contributed by atoms with Crippen molar-refractivity contribution in [3.8, 4) is 22.8 Å². The standard InChI is InChI=1S/C22H20N4O/c1-16-8-5-6-11-18(16)21-25-22(27-26-21)19-12-7-14-23-20(19)24-15-13-17-9-3-2-4-10-17/h2-12,14H,13,15H2,1H3,(H,23,24). The van der Waals surface area contributed by atoms with Gasteiger partial charge in [-0.1, -0.05) is 59.8 Å². The fraction of sp³-hybridized carbons (Fsp3) is 0.136. The zero-order valence-corrected chi connectivity index (χ0v) is 15.1. The molecule has 0 unspecified atom stereocenters. The molecule has 2 aromatic heterocycles. The van der Waals surface area contributed by atoms with Crippen molar-refractivity contribution in [2.75, 3.05) is 11.9 Å². The lowest BCUT2D eigenvalue weighted by molar-refractivity contribution is 0.432. The first kappa shape index (κ1) is 17.0. The molecule has 0 spiro atoms. The molecular formula is C22H20N4O. The van der Waals surface area contributed by atoms with E-state index in [9.17, 15) is 0 Å². The Morgan fingerprint density at radius 1 is 0.889 bits per heavy atom. The summed E-state index contributed by atoms with van der Waals surface area (Å²) in [6.45, 7) is 2.80. The lowest BCUT2D eigenvalue weighted by Gasteiger charge is -2.08. The zero-order chi connectivity index (χ0) is 18.5. The van der Waals surface area contributed by atoms with Crippen LogP contribution in [0.15, 0.2) is 77.4 Å². The summed E-state index contributed by atoms with van der Waals surface area (Å²) in [4.78, 5) is 9.03. The Labute approximate surface area is 158 Å². The summed E-state index contributed by atoms with van der Waals surface area (Å²) < 4.78 is 5.52. The molecule has 4 aromatic rings. The first-order chi connectivity index (χ1) is 13.3.